The molecule has 1 atom stereocenters. The number of hydrogen-bond acceptors (Lipinski definition) is 2. The van der Waals surface area contributed by atoms with Gasteiger partial charge in [0.15, 0.2) is 5.54 Å². The molecule has 0 aliphatic carbocycles. The third-order valence-corrected chi connectivity index (χ3v) is 3.82. The Labute approximate surface area is 128 Å². The Bertz CT molecular complexity index is 610. The monoisotopic (exact) mass is 359 g/mol. The van der Waals surface area contributed by atoms with Gasteiger partial charge in [-0.05, 0) is 35.4 Å². The fourth-order valence-corrected chi connectivity index (χ4v) is 2.33. The number of alkyl halides is 3. The number of ether oxygens (including phenoxy) is 1. The lowest BCUT2D eigenvalue weighted by Crippen LogP contribution is -2.51. The fraction of sp³-hybridized carbons (Fsp3) is 0.200. The first kappa shape index (κ1) is 15.9. The van der Waals surface area contributed by atoms with Gasteiger partial charge >= 0.3 is 6.18 Å². The lowest BCUT2D eigenvalue weighted by Gasteiger charge is -2.33. The van der Waals surface area contributed by atoms with Crippen molar-refractivity contribution in [3.63, 3.8) is 0 Å². The summed E-state index contributed by atoms with van der Waals surface area (Å²) < 4.78 is 46.4. The minimum atomic E-state index is -4.63. The molecule has 0 heterocycles. The average Bonchev–Trinajstić information content (AvgIpc) is 2.46. The Morgan fingerprint density at radius 2 is 1.33 bits per heavy atom. The van der Waals surface area contributed by atoms with Crippen LogP contribution in [0.5, 0.6) is 5.75 Å². The maximum Gasteiger partial charge on any atom is 0.414 e. The Morgan fingerprint density at radius 3 is 1.71 bits per heavy atom. The molecular formula is C15H13BrF3NO. The van der Waals surface area contributed by atoms with Gasteiger partial charge in [-0.2, -0.15) is 13.2 Å². The van der Waals surface area contributed by atoms with Gasteiger partial charge in [-0.1, -0.05) is 40.2 Å². The van der Waals surface area contributed by atoms with Crippen LogP contribution in [0.3, 0.4) is 0 Å². The van der Waals surface area contributed by atoms with E-state index in [-0.39, 0.29) is 11.1 Å². The van der Waals surface area contributed by atoms with Gasteiger partial charge in [0.2, 0.25) is 0 Å². The van der Waals surface area contributed by atoms with Crippen LogP contribution in [0, 0.1) is 0 Å². The first-order valence-corrected chi connectivity index (χ1v) is 6.84. The SMILES string of the molecule is COc1ccc([C@](N)(c2ccc(Br)cc2)C(F)(F)F)cc1. The summed E-state index contributed by atoms with van der Waals surface area (Å²) in [5, 5.41) is 0. The number of halogens is 4. The van der Waals surface area contributed by atoms with Crippen LogP contribution in [0.15, 0.2) is 53.0 Å². The summed E-state index contributed by atoms with van der Waals surface area (Å²) in [4.78, 5) is 0. The van der Waals surface area contributed by atoms with Crippen LogP contribution in [0.1, 0.15) is 11.1 Å². The topological polar surface area (TPSA) is 35.2 Å². The number of nitrogens with two attached hydrogens (primary N) is 1. The van der Waals surface area contributed by atoms with Crippen molar-refractivity contribution in [2.75, 3.05) is 7.11 Å². The summed E-state index contributed by atoms with van der Waals surface area (Å²) in [5.74, 6) is 0.471. The Hall–Kier alpha value is -1.53. The van der Waals surface area contributed by atoms with Gasteiger partial charge in [0.25, 0.3) is 0 Å². The highest BCUT2D eigenvalue weighted by atomic mass is 79.9. The summed E-state index contributed by atoms with van der Waals surface area (Å²) in [7, 11) is 1.45. The fourth-order valence-electron chi connectivity index (χ4n) is 2.06. The molecule has 112 valence electrons. The summed E-state index contributed by atoms with van der Waals surface area (Å²) in [6.07, 6.45) is -4.63. The highest BCUT2D eigenvalue weighted by molar-refractivity contribution is 9.10. The van der Waals surface area contributed by atoms with Gasteiger partial charge in [0, 0.05) is 4.47 Å². The Balaban J connectivity index is 2.58. The van der Waals surface area contributed by atoms with Gasteiger partial charge in [-0.3, -0.25) is 0 Å². The van der Waals surface area contributed by atoms with Gasteiger partial charge in [-0.25, -0.2) is 0 Å². The zero-order valence-electron chi connectivity index (χ0n) is 11.1. The normalized spacial score (nSPS) is 14.6. The van der Waals surface area contributed by atoms with Gasteiger partial charge in [0.05, 0.1) is 7.11 Å². The van der Waals surface area contributed by atoms with E-state index in [9.17, 15) is 13.2 Å². The van der Waals surface area contributed by atoms with Crippen LogP contribution < -0.4 is 10.5 Å². The highest BCUT2D eigenvalue weighted by Gasteiger charge is 2.54. The number of hydrogen-bond donors (Lipinski definition) is 1. The molecular weight excluding hydrogens is 347 g/mol. The van der Waals surface area contributed by atoms with E-state index < -0.39 is 11.7 Å². The minimum absolute atomic E-state index is 0.0247. The molecule has 0 saturated carbocycles. The third-order valence-electron chi connectivity index (χ3n) is 3.29. The zero-order chi connectivity index (χ0) is 15.7. The molecule has 0 fully saturated rings. The Morgan fingerprint density at radius 1 is 0.905 bits per heavy atom. The smallest absolute Gasteiger partial charge is 0.414 e. The van der Waals surface area contributed by atoms with Crippen molar-refractivity contribution in [1.82, 2.24) is 0 Å². The number of benzene rings is 2. The first-order valence-electron chi connectivity index (χ1n) is 6.05. The standard InChI is InChI=1S/C15H13BrF3NO/c1-21-13-8-4-11(5-9-13)14(20,15(17,18)19)10-2-6-12(16)7-3-10/h2-9H,20H2,1H3/t14-/m1/s1. The Kier molecular flexibility index (Phi) is 4.30. The predicted molar refractivity (Wildman–Crippen MR) is 78.2 cm³/mol. The summed E-state index contributed by atoms with van der Waals surface area (Å²) in [6.45, 7) is 0. The summed E-state index contributed by atoms with van der Waals surface area (Å²) >= 11 is 3.20. The maximum absolute atomic E-state index is 13.6. The molecule has 0 amide bonds. The van der Waals surface area contributed by atoms with Crippen LogP contribution >= 0.6 is 15.9 Å². The highest BCUT2D eigenvalue weighted by Crippen LogP contribution is 2.42. The van der Waals surface area contributed by atoms with E-state index in [1.165, 1.54) is 55.6 Å². The van der Waals surface area contributed by atoms with Crippen molar-refractivity contribution in [3.8, 4) is 5.75 Å². The van der Waals surface area contributed by atoms with Crippen LogP contribution in [0.2, 0.25) is 0 Å². The minimum Gasteiger partial charge on any atom is -0.497 e. The molecule has 0 saturated heterocycles. The van der Waals surface area contributed by atoms with Crippen LogP contribution in [0.4, 0.5) is 13.2 Å². The van der Waals surface area contributed by atoms with E-state index in [1.807, 2.05) is 0 Å². The molecule has 2 aromatic rings. The molecule has 0 aromatic heterocycles. The van der Waals surface area contributed by atoms with E-state index >= 15 is 0 Å². The summed E-state index contributed by atoms with van der Waals surface area (Å²) in [5.41, 5.74) is 3.14. The van der Waals surface area contributed by atoms with Crippen LogP contribution in [0.25, 0.3) is 0 Å². The molecule has 0 spiro atoms. The van der Waals surface area contributed by atoms with E-state index in [2.05, 4.69) is 15.9 Å². The molecule has 21 heavy (non-hydrogen) atoms. The third kappa shape index (κ3) is 2.91. The van der Waals surface area contributed by atoms with Crippen molar-refractivity contribution in [3.05, 3.63) is 64.1 Å². The number of methoxy groups -OCH3 is 1. The van der Waals surface area contributed by atoms with E-state index in [0.717, 1.165) is 0 Å². The predicted octanol–water partition coefficient (Wildman–Crippen LogP) is 4.22. The van der Waals surface area contributed by atoms with Crippen LogP contribution in [-0.4, -0.2) is 13.3 Å². The maximum atomic E-state index is 13.6. The molecule has 2 aromatic carbocycles. The van der Waals surface area contributed by atoms with Gasteiger partial charge in [-0.15, -0.1) is 0 Å². The first-order chi connectivity index (χ1) is 9.79. The van der Waals surface area contributed by atoms with Crippen molar-refractivity contribution >= 4 is 15.9 Å². The molecule has 0 radical (unpaired) electrons. The second-order valence-electron chi connectivity index (χ2n) is 4.54. The second kappa shape index (κ2) is 5.69. The quantitative estimate of drug-likeness (QED) is 0.890. The van der Waals surface area contributed by atoms with Gasteiger partial charge < -0.3 is 10.5 Å². The molecule has 2 N–H and O–H groups in total. The molecule has 0 aliphatic heterocycles. The van der Waals surface area contributed by atoms with Crippen LogP contribution in [-0.2, 0) is 5.54 Å². The number of rotatable bonds is 3. The van der Waals surface area contributed by atoms with Gasteiger partial charge in [0.1, 0.15) is 5.75 Å². The van der Waals surface area contributed by atoms with Crippen molar-refractivity contribution in [2.45, 2.75) is 11.7 Å². The van der Waals surface area contributed by atoms with Crippen molar-refractivity contribution in [1.29, 1.82) is 0 Å². The van der Waals surface area contributed by atoms with Crippen molar-refractivity contribution in [2.24, 2.45) is 5.73 Å². The molecule has 0 unspecified atom stereocenters. The molecule has 6 heteroatoms. The molecule has 0 bridgehead atoms. The van der Waals surface area contributed by atoms with Crippen molar-refractivity contribution < 1.29 is 17.9 Å². The summed E-state index contributed by atoms with van der Waals surface area (Å²) in [6, 6.07) is 11.4. The zero-order valence-corrected chi connectivity index (χ0v) is 12.7. The van der Waals surface area contributed by atoms with E-state index in [1.54, 1.807) is 0 Å². The average molecular weight is 360 g/mol. The van der Waals surface area contributed by atoms with E-state index in [4.69, 9.17) is 10.5 Å². The van der Waals surface area contributed by atoms with E-state index in [0.29, 0.717) is 10.2 Å². The lowest BCUT2D eigenvalue weighted by atomic mass is 9.83. The second-order valence-corrected chi connectivity index (χ2v) is 5.46. The lowest BCUT2D eigenvalue weighted by molar-refractivity contribution is -0.176. The molecule has 2 rings (SSSR count). The molecule has 0 aliphatic rings. The largest absolute Gasteiger partial charge is 0.497 e. The molecule has 2 nitrogen and oxygen atoms in total.